The van der Waals surface area contributed by atoms with E-state index in [0.717, 1.165) is 18.9 Å². The van der Waals surface area contributed by atoms with E-state index in [9.17, 15) is 28.2 Å². The highest BCUT2D eigenvalue weighted by Gasteiger charge is 2.22. The molecule has 4 rings (SSSR count). The van der Waals surface area contributed by atoms with Gasteiger partial charge in [0.05, 0.1) is 22.7 Å². The fraction of sp³-hybridized carbons (Fsp3) is 0.208. The Morgan fingerprint density at radius 3 is 2.33 bits per heavy atom. The van der Waals surface area contributed by atoms with Crippen LogP contribution in [0.15, 0.2) is 75.9 Å². The van der Waals surface area contributed by atoms with Crippen LogP contribution in [0.1, 0.15) is 28.8 Å². The molecule has 36 heavy (non-hydrogen) atoms. The standard InChI is InChI=1S/C24H23N5O6S/c30-22(29-11-3-4-12-29)14-16-13-18(15-20(23(16)31)24(32)33)27-26-17-6-8-19(9-7-17)36(34,35)28-21-5-1-2-10-25-21/h1-2,5-10,13,15,31H,3-4,11-12,14H2,(H,25,28)(H,32,33). The molecule has 186 valence electrons. The minimum Gasteiger partial charge on any atom is -0.507 e. The van der Waals surface area contributed by atoms with Crippen molar-refractivity contribution in [1.82, 2.24) is 9.88 Å². The molecule has 11 nitrogen and oxygen atoms in total. The highest BCUT2D eigenvalue weighted by molar-refractivity contribution is 7.92. The van der Waals surface area contributed by atoms with Crippen molar-refractivity contribution < 1.29 is 28.2 Å². The number of sulfonamides is 1. The quantitative estimate of drug-likeness (QED) is 0.388. The molecule has 0 saturated carbocycles. The summed E-state index contributed by atoms with van der Waals surface area (Å²) >= 11 is 0. The molecule has 0 aliphatic carbocycles. The number of anilines is 1. The van der Waals surface area contributed by atoms with Crippen molar-refractivity contribution in [1.29, 1.82) is 0 Å². The van der Waals surface area contributed by atoms with E-state index in [-0.39, 0.29) is 34.3 Å². The second-order valence-corrected chi connectivity index (χ2v) is 9.77. The van der Waals surface area contributed by atoms with Crippen LogP contribution >= 0.6 is 0 Å². The zero-order chi connectivity index (χ0) is 25.7. The molecular formula is C24H23N5O6S. The number of aromatic nitrogens is 1. The number of rotatable bonds is 8. The van der Waals surface area contributed by atoms with Gasteiger partial charge >= 0.3 is 5.97 Å². The van der Waals surface area contributed by atoms with Gasteiger partial charge in [0.25, 0.3) is 10.0 Å². The summed E-state index contributed by atoms with van der Waals surface area (Å²) in [5.41, 5.74) is 0.190. The third kappa shape index (κ3) is 5.84. The average molecular weight is 510 g/mol. The summed E-state index contributed by atoms with van der Waals surface area (Å²) in [4.78, 5) is 29.7. The monoisotopic (exact) mass is 509 g/mol. The van der Waals surface area contributed by atoms with Crippen LogP contribution in [0, 0.1) is 0 Å². The molecule has 1 fully saturated rings. The number of hydrogen-bond acceptors (Lipinski definition) is 8. The third-order valence-electron chi connectivity index (χ3n) is 5.54. The summed E-state index contributed by atoms with van der Waals surface area (Å²) in [6, 6.07) is 13.0. The van der Waals surface area contributed by atoms with Crippen molar-refractivity contribution in [2.75, 3.05) is 17.8 Å². The van der Waals surface area contributed by atoms with Crippen LogP contribution in [0.3, 0.4) is 0 Å². The maximum atomic E-state index is 12.5. The Kier molecular flexibility index (Phi) is 7.25. The summed E-state index contributed by atoms with van der Waals surface area (Å²) in [5, 5.41) is 27.9. The van der Waals surface area contributed by atoms with Crippen molar-refractivity contribution in [3.05, 3.63) is 71.9 Å². The highest BCUT2D eigenvalue weighted by atomic mass is 32.2. The van der Waals surface area contributed by atoms with E-state index in [0.29, 0.717) is 18.8 Å². The number of carbonyl (C=O) groups excluding carboxylic acids is 1. The predicted octanol–water partition coefficient (Wildman–Crippen LogP) is 3.87. The smallest absolute Gasteiger partial charge is 0.339 e. The fourth-order valence-corrected chi connectivity index (χ4v) is 4.71. The van der Waals surface area contributed by atoms with Crippen LogP contribution in [-0.4, -0.2) is 53.5 Å². The number of aromatic hydroxyl groups is 1. The number of nitrogens with zero attached hydrogens (tertiary/aromatic N) is 4. The lowest BCUT2D eigenvalue weighted by atomic mass is 10.0. The Balaban J connectivity index is 1.53. The normalized spacial score (nSPS) is 13.7. The van der Waals surface area contributed by atoms with Crippen molar-refractivity contribution in [2.45, 2.75) is 24.2 Å². The van der Waals surface area contributed by atoms with Gasteiger partial charge in [0, 0.05) is 24.8 Å². The number of carboxylic acids is 1. The van der Waals surface area contributed by atoms with Crippen molar-refractivity contribution in [3.8, 4) is 5.75 Å². The van der Waals surface area contributed by atoms with Crippen LogP contribution in [0.5, 0.6) is 5.75 Å². The van der Waals surface area contributed by atoms with Crippen LogP contribution in [-0.2, 0) is 21.2 Å². The van der Waals surface area contributed by atoms with Gasteiger partial charge in [-0.2, -0.15) is 10.2 Å². The van der Waals surface area contributed by atoms with Gasteiger partial charge < -0.3 is 15.1 Å². The maximum Gasteiger partial charge on any atom is 0.339 e. The second-order valence-electron chi connectivity index (χ2n) is 8.09. The third-order valence-corrected chi connectivity index (χ3v) is 6.91. The van der Waals surface area contributed by atoms with E-state index < -0.39 is 27.3 Å². The molecule has 3 aromatic rings. The Labute approximate surface area is 207 Å². The van der Waals surface area contributed by atoms with E-state index in [1.54, 1.807) is 17.0 Å². The first-order valence-corrected chi connectivity index (χ1v) is 12.5. The first-order valence-electron chi connectivity index (χ1n) is 11.1. The van der Waals surface area contributed by atoms with E-state index in [1.807, 2.05) is 0 Å². The van der Waals surface area contributed by atoms with E-state index in [2.05, 4.69) is 19.9 Å². The molecule has 1 aromatic heterocycles. The number of aromatic carboxylic acids is 1. The van der Waals surface area contributed by atoms with Gasteiger partial charge in [-0.1, -0.05) is 6.07 Å². The number of hydrogen-bond donors (Lipinski definition) is 3. The molecule has 1 saturated heterocycles. The predicted molar refractivity (Wildman–Crippen MR) is 130 cm³/mol. The maximum absolute atomic E-state index is 12.5. The number of pyridine rings is 1. The topological polar surface area (TPSA) is 162 Å². The lowest BCUT2D eigenvalue weighted by Crippen LogP contribution is -2.29. The summed E-state index contributed by atoms with van der Waals surface area (Å²) in [7, 11) is -3.86. The summed E-state index contributed by atoms with van der Waals surface area (Å²) < 4.78 is 27.4. The first kappa shape index (κ1) is 24.8. The van der Waals surface area contributed by atoms with Crippen molar-refractivity contribution >= 4 is 39.1 Å². The van der Waals surface area contributed by atoms with Crippen molar-refractivity contribution in [2.24, 2.45) is 10.2 Å². The van der Waals surface area contributed by atoms with Gasteiger partial charge in [-0.05, 0) is 61.4 Å². The van der Waals surface area contributed by atoms with Gasteiger partial charge in [-0.25, -0.2) is 18.2 Å². The number of benzene rings is 2. The fourth-order valence-electron chi connectivity index (χ4n) is 3.70. The van der Waals surface area contributed by atoms with Gasteiger partial charge in [0.15, 0.2) is 0 Å². The first-order chi connectivity index (χ1) is 17.2. The molecule has 0 spiro atoms. The minimum absolute atomic E-state index is 0.00684. The number of amides is 1. The van der Waals surface area contributed by atoms with E-state index in [1.165, 1.54) is 42.6 Å². The number of carboxylic acid groups (broad SMARTS) is 1. The summed E-state index contributed by atoms with van der Waals surface area (Å²) in [6.45, 7) is 1.27. The largest absolute Gasteiger partial charge is 0.507 e. The molecule has 0 unspecified atom stereocenters. The zero-order valence-corrected chi connectivity index (χ0v) is 19.9. The minimum atomic E-state index is -3.86. The number of azo groups is 1. The SMILES string of the molecule is O=C(O)c1cc(N=Nc2ccc(S(=O)(=O)Nc3ccccn3)cc2)cc(CC(=O)N2CCCC2)c1O. The number of likely N-dealkylation sites (tertiary alicyclic amines) is 1. The lowest BCUT2D eigenvalue weighted by molar-refractivity contribution is -0.129. The number of phenols is 1. The Morgan fingerprint density at radius 2 is 1.69 bits per heavy atom. The number of carbonyl (C=O) groups is 2. The molecule has 0 atom stereocenters. The molecule has 2 heterocycles. The van der Waals surface area contributed by atoms with Gasteiger partial charge in [-0.15, -0.1) is 0 Å². The Hall–Kier alpha value is -4.32. The molecule has 0 bridgehead atoms. The molecule has 1 aliphatic rings. The highest BCUT2D eigenvalue weighted by Crippen LogP contribution is 2.31. The van der Waals surface area contributed by atoms with Crippen molar-refractivity contribution in [3.63, 3.8) is 0 Å². The Bertz CT molecular complexity index is 1400. The second kappa shape index (κ2) is 10.5. The van der Waals surface area contributed by atoms with Crippen LogP contribution in [0.2, 0.25) is 0 Å². The Morgan fingerprint density at radius 1 is 1.00 bits per heavy atom. The van der Waals surface area contributed by atoms with E-state index in [4.69, 9.17) is 0 Å². The summed E-state index contributed by atoms with van der Waals surface area (Å²) in [5.74, 6) is -1.87. The molecule has 12 heteroatoms. The summed E-state index contributed by atoms with van der Waals surface area (Å²) in [6.07, 6.45) is 3.12. The number of nitrogens with one attached hydrogen (secondary N) is 1. The lowest BCUT2D eigenvalue weighted by Gasteiger charge is -2.16. The van der Waals surface area contributed by atoms with Gasteiger partial charge in [0.1, 0.15) is 17.1 Å². The van der Waals surface area contributed by atoms with Gasteiger partial charge in [0.2, 0.25) is 5.91 Å². The van der Waals surface area contributed by atoms with E-state index >= 15 is 0 Å². The zero-order valence-electron chi connectivity index (χ0n) is 19.0. The van der Waals surface area contributed by atoms with Crippen LogP contribution < -0.4 is 4.72 Å². The van der Waals surface area contributed by atoms with Gasteiger partial charge in [-0.3, -0.25) is 9.52 Å². The molecule has 2 aromatic carbocycles. The van der Waals surface area contributed by atoms with Crippen LogP contribution in [0.4, 0.5) is 17.2 Å². The van der Waals surface area contributed by atoms with Crippen LogP contribution in [0.25, 0.3) is 0 Å². The molecule has 0 radical (unpaired) electrons. The molecular weight excluding hydrogens is 486 g/mol. The molecule has 1 aliphatic heterocycles. The molecule has 1 amide bonds. The molecule has 3 N–H and O–H groups in total. The average Bonchev–Trinajstić information content (AvgIpc) is 3.40.